The Morgan fingerprint density at radius 2 is 2.10 bits per heavy atom. The number of rotatable bonds is 8. The van der Waals surface area contributed by atoms with Gasteiger partial charge in [-0.25, -0.2) is 14.1 Å². The number of anilines is 3. The lowest BCUT2D eigenvalue weighted by Crippen LogP contribution is -2.38. The monoisotopic (exact) mass is 398 g/mol. The van der Waals surface area contributed by atoms with Crippen LogP contribution in [0.2, 0.25) is 0 Å². The van der Waals surface area contributed by atoms with Crippen LogP contribution in [0.4, 0.5) is 21.7 Å². The maximum absolute atomic E-state index is 14.5. The minimum Gasteiger partial charge on any atom is -0.365 e. The zero-order chi connectivity index (χ0) is 21.0. The predicted octanol–water partition coefficient (Wildman–Crippen LogP) is 2.18. The Bertz CT molecular complexity index is 990. The third-order valence-corrected chi connectivity index (χ3v) is 4.43. The average Bonchev–Trinajstić information content (AvgIpc) is 3.22. The first kappa shape index (κ1) is 20.2. The number of nitrogens with two attached hydrogens (primary N) is 2. The molecule has 0 saturated carbocycles. The second-order valence-corrected chi connectivity index (χ2v) is 6.62. The normalized spacial score (nSPS) is 13.0. The molecule has 0 aliphatic heterocycles. The molecule has 152 valence electrons. The number of aromatic nitrogens is 4. The second-order valence-electron chi connectivity index (χ2n) is 6.62. The topological polar surface area (TPSA) is 137 Å². The maximum atomic E-state index is 14.5. The van der Waals surface area contributed by atoms with Crippen LogP contribution in [-0.2, 0) is 0 Å². The third kappa shape index (κ3) is 4.66. The lowest BCUT2D eigenvalue weighted by molar-refractivity contribution is 0.100. The molecule has 0 fully saturated rings. The lowest BCUT2D eigenvalue weighted by atomic mass is 10.1. The number of benzene rings is 1. The van der Waals surface area contributed by atoms with Crippen LogP contribution in [0.5, 0.6) is 0 Å². The van der Waals surface area contributed by atoms with Crippen LogP contribution < -0.4 is 22.1 Å². The number of carbonyl (C=O) groups is 1. The summed E-state index contributed by atoms with van der Waals surface area (Å²) in [5.41, 5.74) is 12.7. The van der Waals surface area contributed by atoms with Gasteiger partial charge in [0.05, 0.1) is 23.6 Å². The van der Waals surface area contributed by atoms with Gasteiger partial charge in [0.2, 0.25) is 0 Å². The number of nitrogens with one attached hydrogen (secondary N) is 2. The number of hydrogen-bond donors (Lipinski definition) is 4. The number of hydrogen-bond acceptors (Lipinski definition) is 7. The molecule has 2 atom stereocenters. The second kappa shape index (κ2) is 8.65. The Morgan fingerprint density at radius 1 is 1.31 bits per heavy atom. The molecular formula is C19H23FN8O. The van der Waals surface area contributed by atoms with Crippen LogP contribution in [0.3, 0.4) is 0 Å². The van der Waals surface area contributed by atoms with Crippen LogP contribution in [0.15, 0.2) is 42.7 Å². The minimum atomic E-state index is -0.794. The number of primary amides is 1. The summed E-state index contributed by atoms with van der Waals surface area (Å²) in [5, 5.41) is 13.8. The van der Waals surface area contributed by atoms with Gasteiger partial charge in [0, 0.05) is 17.8 Å². The van der Waals surface area contributed by atoms with E-state index in [4.69, 9.17) is 11.5 Å². The van der Waals surface area contributed by atoms with E-state index in [2.05, 4.69) is 25.9 Å². The summed E-state index contributed by atoms with van der Waals surface area (Å²) >= 11 is 0. The molecule has 1 amide bonds. The summed E-state index contributed by atoms with van der Waals surface area (Å²) in [6.07, 6.45) is 3.94. The Morgan fingerprint density at radius 3 is 2.72 bits per heavy atom. The molecule has 2 heterocycles. The van der Waals surface area contributed by atoms with E-state index in [1.165, 1.54) is 0 Å². The van der Waals surface area contributed by atoms with Crippen molar-refractivity contribution in [3.8, 4) is 5.69 Å². The first-order chi connectivity index (χ1) is 13.9. The van der Waals surface area contributed by atoms with Crippen molar-refractivity contribution < 1.29 is 9.18 Å². The summed E-state index contributed by atoms with van der Waals surface area (Å²) in [6, 6.07) is 7.88. The fourth-order valence-corrected chi connectivity index (χ4v) is 2.86. The fraction of sp³-hybridized carbons (Fsp3) is 0.263. The third-order valence-electron chi connectivity index (χ3n) is 4.43. The van der Waals surface area contributed by atoms with Gasteiger partial charge in [-0.15, -0.1) is 5.10 Å². The molecule has 0 saturated heterocycles. The first-order valence-electron chi connectivity index (χ1n) is 9.15. The lowest BCUT2D eigenvalue weighted by Gasteiger charge is -2.22. The molecule has 0 bridgehead atoms. The number of halogens is 1. The smallest absolute Gasteiger partial charge is 0.252 e. The van der Waals surface area contributed by atoms with Gasteiger partial charge in [-0.05, 0) is 37.6 Å². The molecule has 1 aromatic carbocycles. The van der Waals surface area contributed by atoms with E-state index in [-0.39, 0.29) is 29.3 Å². The molecule has 0 aliphatic rings. The van der Waals surface area contributed by atoms with Gasteiger partial charge in [-0.2, -0.15) is 0 Å². The molecule has 2 aromatic heterocycles. The van der Waals surface area contributed by atoms with Crippen LogP contribution in [0.1, 0.15) is 30.6 Å². The van der Waals surface area contributed by atoms with Gasteiger partial charge < -0.3 is 22.1 Å². The van der Waals surface area contributed by atoms with Crippen LogP contribution in [-0.4, -0.2) is 38.0 Å². The van der Waals surface area contributed by atoms with Gasteiger partial charge in [0.1, 0.15) is 5.82 Å². The molecule has 3 aromatic rings. The highest BCUT2D eigenvalue weighted by atomic mass is 19.1. The maximum Gasteiger partial charge on any atom is 0.252 e. The summed E-state index contributed by atoms with van der Waals surface area (Å²) in [6.45, 7) is 3.76. The minimum absolute atomic E-state index is 0.00548. The fourth-order valence-electron chi connectivity index (χ4n) is 2.86. The van der Waals surface area contributed by atoms with Gasteiger partial charge >= 0.3 is 0 Å². The van der Waals surface area contributed by atoms with Crippen molar-refractivity contribution in [3.05, 3.63) is 54.1 Å². The van der Waals surface area contributed by atoms with Crippen molar-refractivity contribution in [1.82, 2.24) is 20.0 Å². The Balaban J connectivity index is 1.96. The molecule has 29 heavy (non-hydrogen) atoms. The quantitative estimate of drug-likeness (QED) is 0.456. The van der Waals surface area contributed by atoms with E-state index in [0.717, 1.165) is 11.8 Å². The van der Waals surface area contributed by atoms with E-state index in [0.29, 0.717) is 12.1 Å². The van der Waals surface area contributed by atoms with Crippen LogP contribution in [0, 0.1) is 5.82 Å². The molecule has 0 radical (unpaired) electrons. The summed E-state index contributed by atoms with van der Waals surface area (Å²) < 4.78 is 16.1. The molecule has 3 rings (SSSR count). The van der Waals surface area contributed by atoms with Crippen molar-refractivity contribution in [2.75, 3.05) is 10.6 Å². The van der Waals surface area contributed by atoms with Crippen LogP contribution in [0.25, 0.3) is 5.69 Å². The Hall–Kier alpha value is -3.53. The molecule has 0 unspecified atom stereocenters. The number of pyridine rings is 1. The van der Waals surface area contributed by atoms with Crippen molar-refractivity contribution in [2.45, 2.75) is 32.4 Å². The van der Waals surface area contributed by atoms with E-state index < -0.39 is 11.7 Å². The highest BCUT2D eigenvalue weighted by molar-refractivity contribution is 5.98. The van der Waals surface area contributed by atoms with Gasteiger partial charge in [0.25, 0.3) is 5.91 Å². The van der Waals surface area contributed by atoms with Crippen molar-refractivity contribution in [1.29, 1.82) is 0 Å². The average molecular weight is 398 g/mol. The van der Waals surface area contributed by atoms with E-state index in [1.807, 2.05) is 19.9 Å². The summed E-state index contributed by atoms with van der Waals surface area (Å²) in [4.78, 5) is 16.1. The Kier molecular flexibility index (Phi) is 6.03. The predicted molar refractivity (Wildman–Crippen MR) is 109 cm³/mol. The van der Waals surface area contributed by atoms with Gasteiger partial charge in [0.15, 0.2) is 11.6 Å². The van der Waals surface area contributed by atoms with Crippen molar-refractivity contribution in [3.63, 3.8) is 0 Å². The highest BCUT2D eigenvalue weighted by Crippen LogP contribution is 2.25. The largest absolute Gasteiger partial charge is 0.365 e. The van der Waals surface area contributed by atoms with Gasteiger partial charge in [-0.1, -0.05) is 18.2 Å². The number of amides is 1. The van der Waals surface area contributed by atoms with E-state index >= 15 is 0 Å². The zero-order valence-electron chi connectivity index (χ0n) is 16.1. The molecule has 0 spiro atoms. The Labute approximate surface area is 167 Å². The summed E-state index contributed by atoms with van der Waals surface area (Å²) in [7, 11) is 0. The highest BCUT2D eigenvalue weighted by Gasteiger charge is 2.19. The molecule has 6 N–H and O–H groups in total. The van der Waals surface area contributed by atoms with Crippen molar-refractivity contribution >= 4 is 23.2 Å². The van der Waals surface area contributed by atoms with Gasteiger partial charge in [-0.3, -0.25) is 4.79 Å². The molecule has 0 aliphatic carbocycles. The number of carbonyl (C=O) groups excluding carboxylic acids is 1. The van der Waals surface area contributed by atoms with Crippen molar-refractivity contribution in [2.24, 2.45) is 11.5 Å². The standard InChI is InChI=1S/C19H23FN8O/c1-3-16(11(2)21)25-19-15(20)10-14(17(22)29)18(26-19)24-12-5-4-6-13(9-12)28-8-7-23-27-28/h4-11,16H,3,21H2,1-2H3,(H2,22,29)(H2,24,25,26)/t11-,16+/m0/s1. The molecule has 10 heteroatoms. The first-order valence-corrected chi connectivity index (χ1v) is 9.15. The molecular weight excluding hydrogens is 375 g/mol. The SMILES string of the molecule is CC[C@@H](Nc1nc(Nc2cccc(-n3ccnn3)c2)c(C(N)=O)cc1F)[C@H](C)N. The van der Waals surface area contributed by atoms with Crippen LogP contribution >= 0.6 is 0 Å². The van der Waals surface area contributed by atoms with E-state index in [1.54, 1.807) is 35.3 Å². The van der Waals surface area contributed by atoms with E-state index in [9.17, 15) is 9.18 Å². The zero-order valence-corrected chi connectivity index (χ0v) is 16.1. The summed E-state index contributed by atoms with van der Waals surface area (Å²) in [5.74, 6) is -1.34. The molecule has 9 nitrogen and oxygen atoms in total. The number of nitrogens with zero attached hydrogens (tertiary/aromatic N) is 4.